The molecule has 1 aromatic heterocycles. The van der Waals surface area contributed by atoms with Gasteiger partial charge >= 0.3 is 6.09 Å². The van der Waals surface area contributed by atoms with Crippen LogP contribution in [0.3, 0.4) is 0 Å². The number of hydrogen-bond acceptors (Lipinski definition) is 7. The predicted molar refractivity (Wildman–Crippen MR) is 124 cm³/mol. The average molecular weight is 472 g/mol. The Morgan fingerprint density at radius 2 is 1.88 bits per heavy atom. The van der Waals surface area contributed by atoms with Crippen LogP contribution in [0.25, 0.3) is 11.1 Å². The molecule has 9 heteroatoms. The lowest BCUT2D eigenvalue weighted by Gasteiger charge is -2.32. The minimum Gasteiger partial charge on any atom is -0.436 e. The summed E-state index contributed by atoms with van der Waals surface area (Å²) in [5.41, 5.74) is 1.08. The van der Waals surface area contributed by atoms with E-state index in [1.165, 1.54) is 6.42 Å². The topological polar surface area (TPSA) is 111 Å². The second kappa shape index (κ2) is 11.5. The fourth-order valence-corrected chi connectivity index (χ4v) is 4.70. The number of benzene rings is 1. The summed E-state index contributed by atoms with van der Waals surface area (Å²) in [4.78, 5) is 44.9. The molecule has 184 valence electrons. The van der Waals surface area contributed by atoms with Crippen molar-refractivity contribution in [2.24, 2.45) is 5.92 Å². The lowest BCUT2D eigenvalue weighted by atomic mass is 9.85. The molecule has 4 rings (SSSR count). The SMILES string of the molecule is CC[C@H](NC(=O)O[C@@H](CC1CCCCC1)C(=O)N1CCOCC1)C(=O)c1nc2ccccc2o1. The van der Waals surface area contributed by atoms with Crippen molar-refractivity contribution < 1.29 is 28.3 Å². The van der Waals surface area contributed by atoms with Crippen LogP contribution in [0.15, 0.2) is 28.7 Å². The number of ketones is 1. The smallest absolute Gasteiger partial charge is 0.408 e. The molecule has 2 fully saturated rings. The molecule has 0 bridgehead atoms. The summed E-state index contributed by atoms with van der Waals surface area (Å²) in [5, 5.41) is 2.63. The fraction of sp³-hybridized carbons (Fsp3) is 0.600. The number of hydrogen-bond donors (Lipinski definition) is 1. The van der Waals surface area contributed by atoms with Gasteiger partial charge in [-0.05, 0) is 30.9 Å². The largest absolute Gasteiger partial charge is 0.436 e. The van der Waals surface area contributed by atoms with Crippen LogP contribution in [0.5, 0.6) is 0 Å². The van der Waals surface area contributed by atoms with E-state index >= 15 is 0 Å². The van der Waals surface area contributed by atoms with Gasteiger partial charge in [-0.25, -0.2) is 9.78 Å². The number of fused-ring (bicyclic) bond motifs is 1. The van der Waals surface area contributed by atoms with E-state index in [0.29, 0.717) is 56.2 Å². The zero-order chi connectivity index (χ0) is 23.9. The summed E-state index contributed by atoms with van der Waals surface area (Å²) in [6.45, 7) is 3.71. The first-order valence-electron chi connectivity index (χ1n) is 12.3. The Balaban J connectivity index is 1.42. The van der Waals surface area contributed by atoms with Gasteiger partial charge in [0.05, 0.1) is 13.2 Å². The summed E-state index contributed by atoms with van der Waals surface area (Å²) in [6, 6.07) is 6.23. The third kappa shape index (κ3) is 5.94. The molecular weight excluding hydrogens is 438 g/mol. The highest BCUT2D eigenvalue weighted by molar-refractivity contribution is 5.99. The van der Waals surface area contributed by atoms with Gasteiger partial charge in [0.2, 0.25) is 5.78 Å². The molecule has 1 aromatic carbocycles. The first-order chi connectivity index (χ1) is 16.5. The number of nitrogens with one attached hydrogen (secondary N) is 1. The Labute approximate surface area is 199 Å². The summed E-state index contributed by atoms with van der Waals surface area (Å²) < 4.78 is 16.6. The molecule has 2 amide bonds. The van der Waals surface area contributed by atoms with Crippen molar-refractivity contribution in [1.29, 1.82) is 0 Å². The van der Waals surface area contributed by atoms with Gasteiger partial charge in [0.1, 0.15) is 11.6 Å². The van der Waals surface area contributed by atoms with Crippen molar-refractivity contribution in [1.82, 2.24) is 15.2 Å². The van der Waals surface area contributed by atoms with Gasteiger partial charge in [0, 0.05) is 13.1 Å². The van der Waals surface area contributed by atoms with Crippen molar-refractivity contribution in [3.8, 4) is 0 Å². The van der Waals surface area contributed by atoms with Crippen molar-refractivity contribution in [3.63, 3.8) is 0 Å². The van der Waals surface area contributed by atoms with E-state index in [1.54, 1.807) is 30.0 Å². The van der Waals surface area contributed by atoms with Crippen LogP contribution >= 0.6 is 0 Å². The molecule has 1 aliphatic carbocycles. The van der Waals surface area contributed by atoms with Crippen LogP contribution in [-0.2, 0) is 14.3 Å². The minimum atomic E-state index is -0.877. The first-order valence-corrected chi connectivity index (χ1v) is 12.3. The number of Topliss-reactive ketones (excluding diaryl/α,β-unsaturated/α-hetero) is 1. The zero-order valence-electron chi connectivity index (χ0n) is 19.7. The van der Waals surface area contributed by atoms with Crippen LogP contribution in [0.2, 0.25) is 0 Å². The van der Waals surface area contributed by atoms with Gasteiger partial charge in [-0.2, -0.15) is 0 Å². The van der Waals surface area contributed by atoms with Crippen molar-refractivity contribution >= 4 is 28.9 Å². The number of ether oxygens (including phenoxy) is 2. The van der Waals surface area contributed by atoms with Gasteiger partial charge < -0.3 is 24.1 Å². The van der Waals surface area contributed by atoms with Gasteiger partial charge in [0.25, 0.3) is 11.8 Å². The van der Waals surface area contributed by atoms with Crippen LogP contribution in [0, 0.1) is 5.92 Å². The maximum absolute atomic E-state index is 13.2. The Morgan fingerprint density at radius 3 is 2.59 bits per heavy atom. The highest BCUT2D eigenvalue weighted by Crippen LogP contribution is 2.29. The van der Waals surface area contributed by atoms with Crippen LogP contribution in [0.1, 0.15) is 62.6 Å². The molecule has 2 heterocycles. The van der Waals surface area contributed by atoms with Gasteiger partial charge in [0.15, 0.2) is 11.7 Å². The van der Waals surface area contributed by atoms with Crippen LogP contribution < -0.4 is 5.32 Å². The number of carbonyl (C=O) groups is 3. The third-order valence-corrected chi connectivity index (χ3v) is 6.64. The molecule has 34 heavy (non-hydrogen) atoms. The minimum absolute atomic E-state index is 0.0588. The van der Waals surface area contributed by atoms with Crippen molar-refractivity contribution in [2.45, 2.75) is 64.0 Å². The Bertz CT molecular complexity index is 960. The lowest BCUT2D eigenvalue weighted by Crippen LogP contribution is -2.49. The highest BCUT2D eigenvalue weighted by atomic mass is 16.6. The number of carbonyl (C=O) groups excluding carboxylic acids is 3. The summed E-state index contributed by atoms with van der Waals surface area (Å²) in [7, 11) is 0. The van der Waals surface area contributed by atoms with E-state index < -0.39 is 24.0 Å². The van der Waals surface area contributed by atoms with E-state index in [4.69, 9.17) is 13.9 Å². The van der Waals surface area contributed by atoms with E-state index in [1.807, 2.05) is 6.07 Å². The summed E-state index contributed by atoms with van der Waals surface area (Å²) in [6.07, 6.45) is 4.71. The number of nitrogens with zero attached hydrogens (tertiary/aromatic N) is 2. The molecule has 0 unspecified atom stereocenters. The lowest BCUT2D eigenvalue weighted by molar-refractivity contribution is -0.145. The molecular formula is C25H33N3O6. The molecule has 1 saturated carbocycles. The number of para-hydroxylation sites is 2. The predicted octanol–water partition coefficient (Wildman–Crippen LogP) is 3.71. The number of rotatable bonds is 8. The second-order valence-corrected chi connectivity index (χ2v) is 9.03. The monoisotopic (exact) mass is 471 g/mol. The second-order valence-electron chi connectivity index (χ2n) is 9.03. The Hall–Kier alpha value is -2.94. The highest BCUT2D eigenvalue weighted by Gasteiger charge is 2.33. The maximum atomic E-state index is 13.2. The number of alkyl carbamates (subject to hydrolysis) is 1. The number of morpholine rings is 1. The first kappa shape index (κ1) is 24.2. The molecule has 0 radical (unpaired) electrons. The summed E-state index contributed by atoms with van der Waals surface area (Å²) >= 11 is 0. The molecule has 1 aliphatic heterocycles. The van der Waals surface area contributed by atoms with Gasteiger partial charge in [-0.1, -0.05) is 51.2 Å². The van der Waals surface area contributed by atoms with Crippen molar-refractivity contribution in [2.75, 3.05) is 26.3 Å². The molecule has 2 atom stereocenters. The molecule has 1 saturated heterocycles. The third-order valence-electron chi connectivity index (χ3n) is 6.64. The number of oxazole rings is 1. The quantitative estimate of drug-likeness (QED) is 0.584. The summed E-state index contributed by atoms with van der Waals surface area (Å²) in [5.74, 6) is -0.335. The van der Waals surface area contributed by atoms with Gasteiger partial charge in [-0.15, -0.1) is 0 Å². The molecule has 0 spiro atoms. The van der Waals surface area contributed by atoms with Gasteiger partial charge in [-0.3, -0.25) is 9.59 Å². The average Bonchev–Trinajstić information content (AvgIpc) is 3.31. The Morgan fingerprint density at radius 1 is 1.15 bits per heavy atom. The van der Waals surface area contributed by atoms with E-state index in [9.17, 15) is 14.4 Å². The molecule has 1 N–H and O–H groups in total. The van der Waals surface area contributed by atoms with E-state index in [2.05, 4.69) is 10.3 Å². The molecule has 9 nitrogen and oxygen atoms in total. The molecule has 2 aliphatic rings. The normalized spacial score (nSPS) is 18.9. The molecule has 2 aromatic rings. The van der Waals surface area contributed by atoms with E-state index in [0.717, 1.165) is 25.7 Å². The standard InChI is InChI=1S/C25H33N3O6/c1-2-18(22(29)23-26-19-10-6-7-11-20(19)33-23)27-25(31)34-21(16-17-8-4-3-5-9-17)24(30)28-12-14-32-15-13-28/h6-7,10-11,17-18,21H,2-5,8-9,12-16H2,1H3,(H,27,31)/t18-,21-/m0/s1. The van der Waals surface area contributed by atoms with Crippen LogP contribution in [0.4, 0.5) is 4.79 Å². The number of aromatic nitrogens is 1. The zero-order valence-corrected chi connectivity index (χ0v) is 19.7. The van der Waals surface area contributed by atoms with E-state index in [-0.39, 0.29) is 11.8 Å². The Kier molecular flexibility index (Phi) is 8.16. The van der Waals surface area contributed by atoms with Crippen molar-refractivity contribution in [3.05, 3.63) is 30.2 Å². The fourth-order valence-electron chi connectivity index (χ4n) is 4.70. The maximum Gasteiger partial charge on any atom is 0.408 e. The van der Waals surface area contributed by atoms with Crippen LogP contribution in [-0.4, -0.2) is 66.1 Å². The number of amides is 2.